The number of benzene rings is 1. The Labute approximate surface area is 129 Å². The van der Waals surface area contributed by atoms with E-state index in [-0.39, 0.29) is 13.2 Å². The van der Waals surface area contributed by atoms with Crippen molar-refractivity contribution in [2.24, 2.45) is 0 Å². The molecule has 0 aromatic heterocycles. The quantitative estimate of drug-likeness (QED) is 0.790. The SMILES string of the molecule is COC(=O)CN(C)C(=O)[C@@H](C)NC(=O)OCc1ccccc1. The van der Waals surface area contributed by atoms with Crippen LogP contribution in [0.4, 0.5) is 4.79 Å². The fraction of sp³-hybridized carbons (Fsp3) is 0.400. The van der Waals surface area contributed by atoms with Crippen LogP contribution in [-0.4, -0.2) is 49.6 Å². The zero-order valence-electron chi connectivity index (χ0n) is 12.9. The Kier molecular flexibility index (Phi) is 6.88. The van der Waals surface area contributed by atoms with Gasteiger partial charge in [0.05, 0.1) is 7.11 Å². The second-order valence-electron chi connectivity index (χ2n) is 4.70. The molecule has 1 atom stereocenters. The van der Waals surface area contributed by atoms with Crippen molar-refractivity contribution in [2.75, 3.05) is 20.7 Å². The third kappa shape index (κ3) is 5.82. The Bertz CT molecular complexity index is 518. The van der Waals surface area contributed by atoms with Crippen molar-refractivity contribution >= 4 is 18.0 Å². The van der Waals surface area contributed by atoms with Crippen LogP contribution < -0.4 is 5.32 Å². The molecule has 0 radical (unpaired) electrons. The van der Waals surface area contributed by atoms with Gasteiger partial charge in [0.25, 0.3) is 0 Å². The molecule has 0 unspecified atom stereocenters. The van der Waals surface area contributed by atoms with Crippen molar-refractivity contribution in [1.29, 1.82) is 0 Å². The van der Waals surface area contributed by atoms with Gasteiger partial charge in [-0.25, -0.2) is 4.79 Å². The number of methoxy groups -OCH3 is 1. The molecular weight excluding hydrogens is 288 g/mol. The number of ether oxygens (including phenoxy) is 2. The van der Waals surface area contributed by atoms with E-state index in [1.54, 1.807) is 0 Å². The summed E-state index contributed by atoms with van der Waals surface area (Å²) < 4.78 is 9.49. The van der Waals surface area contributed by atoms with E-state index < -0.39 is 24.0 Å². The Hall–Kier alpha value is -2.57. The first-order valence-electron chi connectivity index (χ1n) is 6.73. The predicted octanol–water partition coefficient (Wildman–Crippen LogP) is 0.933. The molecule has 22 heavy (non-hydrogen) atoms. The van der Waals surface area contributed by atoms with Crippen molar-refractivity contribution in [3.05, 3.63) is 35.9 Å². The van der Waals surface area contributed by atoms with Crippen molar-refractivity contribution in [3.8, 4) is 0 Å². The zero-order valence-corrected chi connectivity index (χ0v) is 12.9. The molecule has 1 rings (SSSR count). The third-order valence-corrected chi connectivity index (χ3v) is 2.89. The van der Waals surface area contributed by atoms with E-state index in [1.807, 2.05) is 30.3 Å². The molecule has 0 spiro atoms. The Morgan fingerprint density at radius 1 is 1.23 bits per heavy atom. The molecule has 0 heterocycles. The number of hydrogen-bond acceptors (Lipinski definition) is 5. The van der Waals surface area contributed by atoms with Gasteiger partial charge in [-0.1, -0.05) is 30.3 Å². The molecule has 7 heteroatoms. The fourth-order valence-electron chi connectivity index (χ4n) is 1.67. The molecule has 0 saturated heterocycles. The average molecular weight is 308 g/mol. The van der Waals surface area contributed by atoms with Crippen LogP contribution in [0.25, 0.3) is 0 Å². The standard InChI is InChI=1S/C15H20N2O5/c1-11(14(19)17(2)9-13(18)21-3)16-15(20)22-10-12-7-5-4-6-8-12/h4-8,11H,9-10H2,1-3H3,(H,16,20)/t11-/m1/s1. The number of rotatable bonds is 6. The second-order valence-corrected chi connectivity index (χ2v) is 4.70. The molecular formula is C15H20N2O5. The third-order valence-electron chi connectivity index (χ3n) is 2.89. The molecule has 1 aromatic rings. The average Bonchev–Trinajstić information content (AvgIpc) is 2.52. The second kappa shape index (κ2) is 8.66. The molecule has 0 bridgehead atoms. The smallest absolute Gasteiger partial charge is 0.408 e. The molecule has 1 aromatic carbocycles. The van der Waals surface area contributed by atoms with E-state index in [4.69, 9.17) is 4.74 Å². The lowest BCUT2D eigenvalue weighted by molar-refractivity contribution is -0.146. The minimum absolute atomic E-state index is 0.117. The summed E-state index contributed by atoms with van der Waals surface area (Å²) in [5.74, 6) is -0.947. The lowest BCUT2D eigenvalue weighted by Gasteiger charge is -2.20. The Morgan fingerprint density at radius 3 is 2.45 bits per heavy atom. The normalized spacial score (nSPS) is 11.2. The van der Waals surface area contributed by atoms with Crippen LogP contribution in [0.3, 0.4) is 0 Å². The molecule has 7 nitrogen and oxygen atoms in total. The summed E-state index contributed by atoms with van der Waals surface area (Å²) in [5, 5.41) is 2.42. The number of hydrogen-bond donors (Lipinski definition) is 1. The highest BCUT2D eigenvalue weighted by atomic mass is 16.5. The highest BCUT2D eigenvalue weighted by Crippen LogP contribution is 2.01. The zero-order chi connectivity index (χ0) is 16.5. The van der Waals surface area contributed by atoms with Crippen molar-refractivity contribution < 1.29 is 23.9 Å². The summed E-state index contributed by atoms with van der Waals surface area (Å²) in [6.45, 7) is 1.45. The van der Waals surface area contributed by atoms with Gasteiger partial charge in [0.1, 0.15) is 19.2 Å². The van der Waals surface area contributed by atoms with Crippen LogP contribution in [0, 0.1) is 0 Å². The molecule has 1 N–H and O–H groups in total. The van der Waals surface area contributed by atoms with Gasteiger partial charge in [-0.3, -0.25) is 9.59 Å². The van der Waals surface area contributed by atoms with E-state index in [1.165, 1.54) is 26.0 Å². The van der Waals surface area contributed by atoms with Gasteiger partial charge in [-0.15, -0.1) is 0 Å². The number of carbonyl (C=O) groups is 3. The van der Waals surface area contributed by atoms with E-state index in [2.05, 4.69) is 10.1 Å². The number of likely N-dealkylation sites (N-methyl/N-ethyl adjacent to an activating group) is 1. The van der Waals surface area contributed by atoms with E-state index in [9.17, 15) is 14.4 Å². The maximum atomic E-state index is 12.0. The van der Waals surface area contributed by atoms with Crippen LogP contribution in [-0.2, 0) is 25.7 Å². The van der Waals surface area contributed by atoms with Crippen LogP contribution in [0.2, 0.25) is 0 Å². The van der Waals surface area contributed by atoms with Gasteiger partial charge in [0, 0.05) is 7.05 Å². The van der Waals surface area contributed by atoms with E-state index in [0.29, 0.717) is 0 Å². The summed E-state index contributed by atoms with van der Waals surface area (Å²) in [6, 6.07) is 8.38. The number of carbonyl (C=O) groups excluding carboxylic acids is 3. The van der Waals surface area contributed by atoms with Gasteiger partial charge < -0.3 is 19.7 Å². The Morgan fingerprint density at radius 2 is 1.86 bits per heavy atom. The fourth-order valence-corrected chi connectivity index (χ4v) is 1.67. The van der Waals surface area contributed by atoms with E-state index in [0.717, 1.165) is 5.56 Å². The molecule has 0 aliphatic carbocycles. The number of alkyl carbamates (subject to hydrolysis) is 1. The van der Waals surface area contributed by atoms with Crippen molar-refractivity contribution in [3.63, 3.8) is 0 Å². The van der Waals surface area contributed by atoms with Crippen molar-refractivity contribution in [2.45, 2.75) is 19.6 Å². The lowest BCUT2D eigenvalue weighted by atomic mass is 10.2. The van der Waals surface area contributed by atoms with Crippen LogP contribution in [0.5, 0.6) is 0 Å². The van der Waals surface area contributed by atoms with Crippen molar-refractivity contribution in [1.82, 2.24) is 10.2 Å². The number of amides is 2. The maximum absolute atomic E-state index is 12.0. The number of nitrogens with zero attached hydrogens (tertiary/aromatic N) is 1. The predicted molar refractivity (Wildman–Crippen MR) is 78.9 cm³/mol. The molecule has 0 saturated carbocycles. The van der Waals surface area contributed by atoms with Gasteiger partial charge in [0.2, 0.25) is 5.91 Å². The summed E-state index contributed by atoms with van der Waals surface area (Å²) >= 11 is 0. The summed E-state index contributed by atoms with van der Waals surface area (Å²) in [4.78, 5) is 35.9. The molecule has 120 valence electrons. The number of esters is 1. The minimum atomic E-state index is -0.807. The highest BCUT2D eigenvalue weighted by Gasteiger charge is 2.21. The minimum Gasteiger partial charge on any atom is -0.468 e. The van der Waals surface area contributed by atoms with Gasteiger partial charge in [-0.2, -0.15) is 0 Å². The van der Waals surface area contributed by atoms with Crippen LogP contribution >= 0.6 is 0 Å². The molecule has 0 fully saturated rings. The summed E-state index contributed by atoms with van der Waals surface area (Å²) in [5.41, 5.74) is 0.847. The first-order valence-corrected chi connectivity index (χ1v) is 6.73. The summed E-state index contributed by atoms with van der Waals surface area (Å²) in [6.07, 6.45) is -0.698. The number of nitrogens with one attached hydrogen (secondary N) is 1. The van der Waals surface area contributed by atoms with Gasteiger partial charge in [0.15, 0.2) is 0 Å². The first kappa shape index (κ1) is 17.5. The van der Waals surface area contributed by atoms with Crippen LogP contribution in [0.15, 0.2) is 30.3 Å². The highest BCUT2D eigenvalue weighted by molar-refractivity contribution is 5.87. The monoisotopic (exact) mass is 308 g/mol. The van der Waals surface area contributed by atoms with E-state index >= 15 is 0 Å². The molecule has 0 aliphatic rings. The maximum Gasteiger partial charge on any atom is 0.408 e. The molecule has 0 aliphatic heterocycles. The summed E-state index contributed by atoms with van der Waals surface area (Å²) in [7, 11) is 2.69. The largest absolute Gasteiger partial charge is 0.468 e. The topological polar surface area (TPSA) is 84.9 Å². The van der Waals surface area contributed by atoms with Gasteiger partial charge in [-0.05, 0) is 12.5 Å². The lowest BCUT2D eigenvalue weighted by Crippen LogP contribution is -2.47. The van der Waals surface area contributed by atoms with Crippen LogP contribution in [0.1, 0.15) is 12.5 Å². The Balaban J connectivity index is 2.39. The van der Waals surface area contributed by atoms with Gasteiger partial charge >= 0.3 is 12.1 Å². The molecule has 2 amide bonds. The first-order chi connectivity index (χ1) is 10.4.